The van der Waals surface area contributed by atoms with Crippen molar-refractivity contribution in [3.63, 3.8) is 0 Å². The zero-order valence-electron chi connectivity index (χ0n) is 11.8. The molecule has 4 heterocycles. The van der Waals surface area contributed by atoms with Crippen molar-refractivity contribution in [3.05, 3.63) is 46.4 Å². The molecule has 7 heteroatoms. The molecular weight excluding hydrogens is 476 g/mol. The normalized spacial score (nSPS) is 11.4. The molecule has 4 rings (SSSR count). The Labute approximate surface area is 162 Å². The maximum atomic E-state index is 4.93. The molecule has 0 aliphatic rings. The lowest BCUT2D eigenvalue weighted by atomic mass is 10.2. The first-order valence-electron chi connectivity index (χ1n) is 6.83. The average Bonchev–Trinajstić information content (AvgIpc) is 3.31. The summed E-state index contributed by atoms with van der Waals surface area (Å²) in [7, 11) is 0. The lowest BCUT2D eigenvalue weighted by molar-refractivity contribution is 1.09. The second-order valence-corrected chi connectivity index (χ2v) is 8.83. The molecule has 4 aromatic heterocycles. The van der Waals surface area contributed by atoms with Gasteiger partial charge in [0.1, 0.15) is 11.0 Å². The third kappa shape index (κ3) is 2.82. The van der Waals surface area contributed by atoms with Gasteiger partial charge in [0.05, 0.1) is 21.1 Å². The standard InChI is InChI=1S/C16H10Br2N2S3/c17-7-9-10(8-18)20-14-13(19-9)15(11-3-1-5-21-11)23-16(14)12-4-2-6-22-12/h1-6H,7-8H2. The number of fused-ring (bicyclic) bond motifs is 1. The van der Waals surface area contributed by atoms with Crippen molar-refractivity contribution in [2.45, 2.75) is 10.7 Å². The minimum Gasteiger partial charge on any atom is -0.247 e. The molecule has 0 fully saturated rings. The van der Waals surface area contributed by atoms with Gasteiger partial charge in [0.15, 0.2) is 0 Å². The molecule has 23 heavy (non-hydrogen) atoms. The van der Waals surface area contributed by atoms with Crippen molar-refractivity contribution in [2.24, 2.45) is 0 Å². The molecule has 4 aromatic rings. The monoisotopic (exact) mass is 484 g/mol. The summed E-state index contributed by atoms with van der Waals surface area (Å²) in [5.74, 6) is 0. The minimum absolute atomic E-state index is 0.713. The van der Waals surface area contributed by atoms with E-state index in [1.54, 1.807) is 34.0 Å². The van der Waals surface area contributed by atoms with Gasteiger partial charge in [-0.3, -0.25) is 0 Å². The Balaban J connectivity index is 2.06. The van der Waals surface area contributed by atoms with E-state index in [9.17, 15) is 0 Å². The molecule has 0 aromatic carbocycles. The Morgan fingerprint density at radius 2 is 1.26 bits per heavy atom. The van der Waals surface area contributed by atoms with Gasteiger partial charge in [-0.1, -0.05) is 44.0 Å². The number of hydrogen-bond donors (Lipinski definition) is 0. The number of hydrogen-bond acceptors (Lipinski definition) is 5. The second-order valence-electron chi connectivity index (χ2n) is 4.80. The highest BCUT2D eigenvalue weighted by molar-refractivity contribution is 9.09. The molecule has 0 saturated carbocycles. The van der Waals surface area contributed by atoms with E-state index in [2.05, 4.69) is 66.9 Å². The van der Waals surface area contributed by atoms with E-state index in [-0.39, 0.29) is 0 Å². The Bertz CT molecular complexity index is 867. The van der Waals surface area contributed by atoms with E-state index >= 15 is 0 Å². The summed E-state index contributed by atoms with van der Waals surface area (Å²) < 4.78 is 0. The van der Waals surface area contributed by atoms with Crippen LogP contribution in [0.5, 0.6) is 0 Å². The first-order valence-corrected chi connectivity index (χ1v) is 11.7. The topological polar surface area (TPSA) is 25.8 Å². The van der Waals surface area contributed by atoms with Crippen LogP contribution in [0.1, 0.15) is 11.4 Å². The molecule has 116 valence electrons. The Morgan fingerprint density at radius 1 is 0.783 bits per heavy atom. The van der Waals surface area contributed by atoms with Gasteiger partial charge < -0.3 is 0 Å². The van der Waals surface area contributed by atoms with Crippen molar-refractivity contribution < 1.29 is 0 Å². The van der Waals surface area contributed by atoms with Crippen LogP contribution in [0.2, 0.25) is 0 Å². The van der Waals surface area contributed by atoms with Crippen LogP contribution in [0, 0.1) is 0 Å². The van der Waals surface area contributed by atoms with Crippen LogP contribution >= 0.6 is 65.9 Å². The molecule has 0 N–H and O–H groups in total. The zero-order valence-corrected chi connectivity index (χ0v) is 17.4. The molecule has 0 aliphatic heterocycles. The molecule has 0 spiro atoms. The average molecular weight is 486 g/mol. The lowest BCUT2D eigenvalue weighted by Gasteiger charge is -2.04. The van der Waals surface area contributed by atoms with Crippen molar-refractivity contribution in [1.29, 1.82) is 0 Å². The van der Waals surface area contributed by atoms with E-state index < -0.39 is 0 Å². The summed E-state index contributed by atoms with van der Waals surface area (Å²) in [6, 6.07) is 8.48. The number of rotatable bonds is 4. The van der Waals surface area contributed by atoms with E-state index in [0.717, 1.165) is 22.4 Å². The van der Waals surface area contributed by atoms with Crippen LogP contribution in [-0.2, 0) is 10.7 Å². The summed E-state index contributed by atoms with van der Waals surface area (Å²) in [6.45, 7) is 0. The van der Waals surface area contributed by atoms with Crippen LogP contribution < -0.4 is 0 Å². The van der Waals surface area contributed by atoms with Crippen LogP contribution in [0.4, 0.5) is 0 Å². The van der Waals surface area contributed by atoms with Crippen molar-refractivity contribution in [2.75, 3.05) is 0 Å². The predicted molar refractivity (Wildman–Crippen MR) is 109 cm³/mol. The summed E-state index contributed by atoms with van der Waals surface area (Å²) >= 11 is 12.4. The van der Waals surface area contributed by atoms with Gasteiger partial charge in [-0.15, -0.1) is 34.0 Å². The van der Waals surface area contributed by atoms with Crippen molar-refractivity contribution in [3.8, 4) is 19.5 Å². The molecule has 0 saturated heterocycles. The lowest BCUT2D eigenvalue weighted by Crippen LogP contribution is -1.97. The van der Waals surface area contributed by atoms with E-state index in [1.807, 2.05) is 0 Å². The van der Waals surface area contributed by atoms with E-state index in [0.29, 0.717) is 10.7 Å². The van der Waals surface area contributed by atoms with Gasteiger partial charge in [0.25, 0.3) is 0 Å². The quantitative estimate of drug-likeness (QED) is 0.292. The fourth-order valence-corrected chi connectivity index (χ4v) is 6.17. The maximum Gasteiger partial charge on any atom is 0.109 e. The van der Waals surface area contributed by atoms with E-state index in [4.69, 9.17) is 9.97 Å². The van der Waals surface area contributed by atoms with Crippen molar-refractivity contribution in [1.82, 2.24) is 9.97 Å². The minimum atomic E-state index is 0.713. The highest BCUT2D eigenvalue weighted by atomic mass is 79.9. The van der Waals surface area contributed by atoms with Crippen LogP contribution in [-0.4, -0.2) is 9.97 Å². The molecule has 2 nitrogen and oxygen atoms in total. The summed E-state index contributed by atoms with van der Waals surface area (Å²) in [6.07, 6.45) is 0. The summed E-state index contributed by atoms with van der Waals surface area (Å²) in [5, 5.41) is 5.64. The summed E-state index contributed by atoms with van der Waals surface area (Å²) in [5.41, 5.74) is 4.03. The van der Waals surface area contributed by atoms with Crippen molar-refractivity contribution >= 4 is 76.9 Å². The second kappa shape index (κ2) is 6.72. The first-order chi connectivity index (χ1) is 11.3. The molecule has 0 aliphatic carbocycles. The number of alkyl halides is 2. The highest BCUT2D eigenvalue weighted by Gasteiger charge is 2.20. The predicted octanol–water partition coefficient (Wildman–Crippen LogP) is 6.94. The Kier molecular flexibility index (Phi) is 4.65. The molecule has 0 unspecified atom stereocenters. The smallest absolute Gasteiger partial charge is 0.109 e. The fourth-order valence-electron chi connectivity index (χ4n) is 2.38. The molecular formula is C16H10Br2N2S3. The molecule has 0 amide bonds. The molecule has 0 bridgehead atoms. The van der Waals surface area contributed by atoms with Crippen LogP contribution in [0.15, 0.2) is 35.0 Å². The van der Waals surface area contributed by atoms with E-state index in [1.165, 1.54) is 19.5 Å². The fraction of sp³-hybridized carbons (Fsp3) is 0.125. The number of halogens is 2. The van der Waals surface area contributed by atoms with Gasteiger partial charge in [-0.25, -0.2) is 9.97 Å². The number of nitrogens with zero attached hydrogens (tertiary/aromatic N) is 2. The van der Waals surface area contributed by atoms with Gasteiger partial charge in [-0.2, -0.15) is 0 Å². The number of aromatic nitrogens is 2. The highest BCUT2D eigenvalue weighted by Crippen LogP contribution is 2.45. The van der Waals surface area contributed by atoms with Crippen LogP contribution in [0.3, 0.4) is 0 Å². The maximum absolute atomic E-state index is 4.93. The Hall–Kier alpha value is -0.600. The summed E-state index contributed by atoms with van der Waals surface area (Å²) in [4.78, 5) is 14.8. The zero-order chi connectivity index (χ0) is 15.8. The van der Waals surface area contributed by atoms with Gasteiger partial charge >= 0.3 is 0 Å². The van der Waals surface area contributed by atoms with Crippen LogP contribution in [0.25, 0.3) is 30.5 Å². The number of thiophene rings is 3. The largest absolute Gasteiger partial charge is 0.247 e. The third-order valence-electron chi connectivity index (χ3n) is 3.43. The third-order valence-corrected chi connectivity index (χ3v) is 7.76. The Morgan fingerprint density at radius 3 is 1.61 bits per heavy atom. The van der Waals surface area contributed by atoms with Gasteiger partial charge in [-0.05, 0) is 22.9 Å². The van der Waals surface area contributed by atoms with Gasteiger partial charge in [0, 0.05) is 20.4 Å². The SMILES string of the molecule is BrCc1nc2c(-c3cccs3)sc(-c3cccs3)c2nc1CBr. The molecule has 0 radical (unpaired) electrons. The first kappa shape index (κ1) is 15.9. The van der Waals surface area contributed by atoms with Gasteiger partial charge in [0.2, 0.25) is 0 Å². The molecule has 0 atom stereocenters.